The second kappa shape index (κ2) is 7.05. The van der Waals surface area contributed by atoms with E-state index in [1.807, 2.05) is 48.5 Å². The Labute approximate surface area is 135 Å². The molecule has 5 nitrogen and oxygen atoms in total. The van der Waals surface area contributed by atoms with Crippen LogP contribution in [-0.2, 0) is 13.0 Å². The van der Waals surface area contributed by atoms with Gasteiger partial charge in [0.2, 0.25) is 0 Å². The molecule has 0 saturated heterocycles. The molecular formula is C18H20N2O3. The van der Waals surface area contributed by atoms with Crippen molar-refractivity contribution >= 4 is 6.03 Å². The molecule has 3 rings (SSSR count). The van der Waals surface area contributed by atoms with Crippen LogP contribution in [0.15, 0.2) is 48.5 Å². The van der Waals surface area contributed by atoms with Crippen LogP contribution in [0.3, 0.4) is 0 Å². The second-order valence-electron chi connectivity index (χ2n) is 5.50. The van der Waals surface area contributed by atoms with Crippen LogP contribution in [0.2, 0.25) is 0 Å². The quantitative estimate of drug-likeness (QED) is 0.912. The molecule has 1 aliphatic heterocycles. The molecule has 23 heavy (non-hydrogen) atoms. The summed E-state index contributed by atoms with van der Waals surface area (Å²) in [4.78, 5) is 12.0. The number of ether oxygens (including phenoxy) is 2. The van der Waals surface area contributed by atoms with E-state index in [9.17, 15) is 4.79 Å². The highest BCUT2D eigenvalue weighted by atomic mass is 16.5. The number of carbonyl (C=O) groups is 1. The molecule has 120 valence electrons. The van der Waals surface area contributed by atoms with Gasteiger partial charge in [-0.3, -0.25) is 0 Å². The lowest BCUT2D eigenvalue weighted by Crippen LogP contribution is -2.47. The van der Waals surface area contributed by atoms with Gasteiger partial charge < -0.3 is 20.1 Å². The van der Waals surface area contributed by atoms with Crippen molar-refractivity contribution in [3.63, 3.8) is 0 Å². The molecule has 0 aliphatic carbocycles. The summed E-state index contributed by atoms with van der Waals surface area (Å²) in [6.07, 6.45) is 0.727. The number of urea groups is 1. The number of amides is 2. The summed E-state index contributed by atoms with van der Waals surface area (Å²) < 4.78 is 10.9. The summed E-state index contributed by atoms with van der Waals surface area (Å²) in [5.74, 6) is 1.65. The van der Waals surface area contributed by atoms with Gasteiger partial charge >= 0.3 is 6.03 Å². The van der Waals surface area contributed by atoms with Gasteiger partial charge in [0.1, 0.15) is 18.1 Å². The number of nitrogens with one attached hydrogen (secondary N) is 2. The van der Waals surface area contributed by atoms with Crippen molar-refractivity contribution in [2.24, 2.45) is 0 Å². The molecule has 0 bridgehead atoms. The first-order valence-electron chi connectivity index (χ1n) is 7.62. The molecule has 0 aromatic heterocycles. The van der Waals surface area contributed by atoms with Gasteiger partial charge in [0.25, 0.3) is 0 Å². The number of benzene rings is 2. The van der Waals surface area contributed by atoms with Crippen LogP contribution >= 0.6 is 0 Å². The normalized spacial score (nSPS) is 16.0. The fourth-order valence-corrected chi connectivity index (χ4v) is 2.61. The molecule has 0 radical (unpaired) electrons. The summed E-state index contributed by atoms with van der Waals surface area (Å²) >= 11 is 0. The molecule has 5 heteroatoms. The van der Waals surface area contributed by atoms with E-state index in [1.165, 1.54) is 0 Å². The summed E-state index contributed by atoms with van der Waals surface area (Å²) in [5, 5.41) is 5.81. The van der Waals surface area contributed by atoms with Crippen molar-refractivity contribution in [2.45, 2.75) is 19.0 Å². The SMILES string of the molecule is COc1ccc2c(c1)CC(NC(=O)NCc1ccccc1)CO2. The lowest BCUT2D eigenvalue weighted by atomic mass is 10.0. The first-order valence-corrected chi connectivity index (χ1v) is 7.62. The molecule has 1 heterocycles. The third kappa shape index (κ3) is 3.94. The summed E-state index contributed by atoms with van der Waals surface area (Å²) in [5.41, 5.74) is 2.11. The molecule has 0 fully saturated rings. The summed E-state index contributed by atoms with van der Waals surface area (Å²) in [6.45, 7) is 0.975. The minimum atomic E-state index is -0.186. The van der Waals surface area contributed by atoms with E-state index in [0.29, 0.717) is 13.2 Å². The lowest BCUT2D eigenvalue weighted by molar-refractivity contribution is 0.214. The Kier molecular flexibility index (Phi) is 4.66. The van der Waals surface area contributed by atoms with Gasteiger partial charge in [-0.25, -0.2) is 4.79 Å². The van der Waals surface area contributed by atoms with E-state index in [1.54, 1.807) is 7.11 Å². The third-order valence-corrected chi connectivity index (χ3v) is 3.81. The van der Waals surface area contributed by atoms with Crippen molar-refractivity contribution in [1.82, 2.24) is 10.6 Å². The van der Waals surface area contributed by atoms with Crippen molar-refractivity contribution in [1.29, 1.82) is 0 Å². The van der Waals surface area contributed by atoms with Gasteiger partial charge in [0.05, 0.1) is 13.2 Å². The number of fused-ring (bicyclic) bond motifs is 1. The minimum Gasteiger partial charge on any atom is -0.497 e. The first kappa shape index (κ1) is 15.2. The highest BCUT2D eigenvalue weighted by molar-refractivity contribution is 5.74. The predicted molar refractivity (Wildman–Crippen MR) is 87.8 cm³/mol. The maximum absolute atomic E-state index is 12.0. The molecule has 0 spiro atoms. The lowest BCUT2D eigenvalue weighted by Gasteiger charge is -2.26. The fraction of sp³-hybridized carbons (Fsp3) is 0.278. The number of hydrogen-bond acceptors (Lipinski definition) is 3. The van der Waals surface area contributed by atoms with Crippen molar-refractivity contribution in [3.8, 4) is 11.5 Å². The maximum Gasteiger partial charge on any atom is 0.315 e. The van der Waals surface area contributed by atoms with Crippen LogP contribution in [0.25, 0.3) is 0 Å². The van der Waals surface area contributed by atoms with Crippen LogP contribution in [0, 0.1) is 0 Å². The Bertz CT molecular complexity index is 673. The number of hydrogen-bond donors (Lipinski definition) is 2. The molecule has 1 atom stereocenters. The average Bonchev–Trinajstić information content (AvgIpc) is 2.60. The Morgan fingerprint density at radius 2 is 2.09 bits per heavy atom. The van der Waals surface area contributed by atoms with Crippen LogP contribution < -0.4 is 20.1 Å². The Hall–Kier alpha value is -2.69. The predicted octanol–water partition coefficient (Wildman–Crippen LogP) is 2.50. The molecule has 2 amide bonds. The van der Waals surface area contributed by atoms with Gasteiger partial charge in [0, 0.05) is 6.54 Å². The number of methoxy groups -OCH3 is 1. The second-order valence-corrected chi connectivity index (χ2v) is 5.50. The molecule has 1 unspecified atom stereocenters. The van der Waals surface area contributed by atoms with Crippen LogP contribution in [0.5, 0.6) is 11.5 Å². The zero-order valence-electron chi connectivity index (χ0n) is 13.0. The molecule has 0 saturated carbocycles. The van der Waals surface area contributed by atoms with Gasteiger partial charge in [-0.05, 0) is 35.7 Å². The highest BCUT2D eigenvalue weighted by Crippen LogP contribution is 2.28. The van der Waals surface area contributed by atoms with Gasteiger partial charge in [-0.2, -0.15) is 0 Å². The van der Waals surface area contributed by atoms with E-state index in [2.05, 4.69) is 10.6 Å². The number of rotatable bonds is 4. The Morgan fingerprint density at radius 1 is 1.26 bits per heavy atom. The van der Waals surface area contributed by atoms with Crippen molar-refractivity contribution < 1.29 is 14.3 Å². The summed E-state index contributed by atoms with van der Waals surface area (Å²) in [6, 6.07) is 15.3. The smallest absolute Gasteiger partial charge is 0.315 e. The fourth-order valence-electron chi connectivity index (χ4n) is 2.61. The zero-order chi connectivity index (χ0) is 16.1. The Morgan fingerprint density at radius 3 is 2.87 bits per heavy atom. The van der Waals surface area contributed by atoms with Crippen LogP contribution in [-0.4, -0.2) is 25.8 Å². The third-order valence-electron chi connectivity index (χ3n) is 3.81. The van der Waals surface area contributed by atoms with E-state index in [-0.39, 0.29) is 12.1 Å². The van der Waals surface area contributed by atoms with E-state index < -0.39 is 0 Å². The highest BCUT2D eigenvalue weighted by Gasteiger charge is 2.21. The average molecular weight is 312 g/mol. The largest absolute Gasteiger partial charge is 0.497 e. The topological polar surface area (TPSA) is 59.6 Å². The number of carbonyl (C=O) groups excluding carboxylic acids is 1. The molecule has 2 N–H and O–H groups in total. The van der Waals surface area contributed by atoms with Gasteiger partial charge in [-0.15, -0.1) is 0 Å². The van der Waals surface area contributed by atoms with Crippen molar-refractivity contribution in [2.75, 3.05) is 13.7 Å². The molecule has 2 aromatic rings. The first-order chi connectivity index (χ1) is 11.2. The van der Waals surface area contributed by atoms with E-state index in [0.717, 1.165) is 29.0 Å². The molecular weight excluding hydrogens is 292 g/mol. The zero-order valence-corrected chi connectivity index (χ0v) is 13.0. The van der Waals surface area contributed by atoms with E-state index in [4.69, 9.17) is 9.47 Å². The minimum absolute atomic E-state index is 0.0506. The molecule has 2 aromatic carbocycles. The standard InChI is InChI=1S/C18H20N2O3/c1-22-16-7-8-17-14(10-16)9-15(12-23-17)20-18(21)19-11-13-5-3-2-4-6-13/h2-8,10,15H,9,11-12H2,1H3,(H2,19,20,21). The summed E-state index contributed by atoms with van der Waals surface area (Å²) in [7, 11) is 1.64. The van der Waals surface area contributed by atoms with Crippen LogP contribution in [0.1, 0.15) is 11.1 Å². The van der Waals surface area contributed by atoms with Gasteiger partial charge in [-0.1, -0.05) is 30.3 Å². The van der Waals surface area contributed by atoms with Gasteiger partial charge in [0.15, 0.2) is 0 Å². The molecule has 1 aliphatic rings. The van der Waals surface area contributed by atoms with Crippen LogP contribution in [0.4, 0.5) is 4.79 Å². The van der Waals surface area contributed by atoms with E-state index >= 15 is 0 Å². The maximum atomic E-state index is 12.0. The monoisotopic (exact) mass is 312 g/mol. The Balaban J connectivity index is 1.53. The van der Waals surface area contributed by atoms with Crippen molar-refractivity contribution in [3.05, 3.63) is 59.7 Å².